The van der Waals surface area contributed by atoms with Crippen molar-refractivity contribution in [1.82, 2.24) is 0 Å². The third-order valence-electron chi connectivity index (χ3n) is 2.56. The maximum Gasteiger partial charge on any atom is 0.190 e. The number of benzene rings is 1. The first kappa shape index (κ1) is 9.00. The second-order valence-electron chi connectivity index (χ2n) is 3.51. The molecule has 2 aromatic rings. The van der Waals surface area contributed by atoms with Gasteiger partial charge in [-0.1, -0.05) is 6.07 Å². The lowest BCUT2D eigenvalue weighted by Gasteiger charge is -2.04. The topological polar surface area (TPSA) is 26.3 Å². The van der Waals surface area contributed by atoms with Crippen molar-refractivity contribution < 1.29 is 4.74 Å². The van der Waals surface area contributed by atoms with E-state index < -0.39 is 0 Å². The van der Waals surface area contributed by atoms with Crippen LogP contribution in [0.1, 0.15) is 11.1 Å². The van der Waals surface area contributed by atoms with Gasteiger partial charge in [-0.3, -0.25) is 4.79 Å². The van der Waals surface area contributed by atoms with Gasteiger partial charge in [-0.15, -0.1) is 0 Å². The quantitative estimate of drug-likeness (QED) is 0.722. The van der Waals surface area contributed by atoms with Gasteiger partial charge in [0.2, 0.25) is 0 Å². The van der Waals surface area contributed by atoms with E-state index in [2.05, 4.69) is 0 Å². The van der Waals surface area contributed by atoms with Crippen molar-refractivity contribution in [3.05, 3.63) is 39.5 Å². The van der Waals surface area contributed by atoms with E-state index in [0.29, 0.717) is 0 Å². The van der Waals surface area contributed by atoms with E-state index in [9.17, 15) is 4.79 Å². The highest BCUT2D eigenvalue weighted by molar-refractivity contribution is 5.76. The summed E-state index contributed by atoms with van der Waals surface area (Å²) in [5.41, 5.74) is 4.01. The Kier molecular flexibility index (Phi) is 1.92. The molecule has 0 saturated heterocycles. The zero-order valence-electron chi connectivity index (χ0n) is 8.55. The molecule has 0 aliphatic carbocycles. The van der Waals surface area contributed by atoms with E-state index in [0.717, 1.165) is 28.0 Å². The summed E-state index contributed by atoms with van der Waals surface area (Å²) >= 11 is 0. The number of hydrogen-bond acceptors (Lipinski definition) is 2. The van der Waals surface area contributed by atoms with Crippen LogP contribution in [0.5, 0.6) is 5.75 Å². The molecule has 0 aromatic heterocycles. The molecule has 2 heteroatoms. The van der Waals surface area contributed by atoms with Crippen LogP contribution < -0.4 is 10.2 Å². The van der Waals surface area contributed by atoms with E-state index in [4.69, 9.17) is 4.74 Å². The highest BCUT2D eigenvalue weighted by Crippen LogP contribution is 2.28. The van der Waals surface area contributed by atoms with Crippen molar-refractivity contribution in [1.29, 1.82) is 0 Å². The molecule has 0 fully saturated rings. The SMILES string of the molecule is COc1ccc(-c2c(C)c2=O)cc1C. The third-order valence-corrected chi connectivity index (χ3v) is 2.56. The molecule has 0 spiro atoms. The molecule has 2 aromatic carbocycles. The second-order valence-corrected chi connectivity index (χ2v) is 3.51. The van der Waals surface area contributed by atoms with E-state index in [1.54, 1.807) is 7.11 Å². The van der Waals surface area contributed by atoms with Gasteiger partial charge in [0.15, 0.2) is 5.43 Å². The van der Waals surface area contributed by atoms with Crippen LogP contribution in [-0.4, -0.2) is 7.11 Å². The lowest BCUT2D eigenvalue weighted by molar-refractivity contribution is 0.412. The Morgan fingerprint density at radius 3 is 2.29 bits per heavy atom. The maximum absolute atomic E-state index is 11.2. The van der Waals surface area contributed by atoms with E-state index in [1.807, 2.05) is 32.0 Å². The number of ether oxygens (including phenoxy) is 1. The first-order chi connectivity index (χ1) is 6.65. The van der Waals surface area contributed by atoms with Gasteiger partial charge < -0.3 is 4.74 Å². The molecule has 0 aliphatic rings. The fourth-order valence-corrected chi connectivity index (χ4v) is 1.64. The summed E-state index contributed by atoms with van der Waals surface area (Å²) in [5, 5.41) is 0. The number of rotatable bonds is 2. The molecule has 72 valence electrons. The van der Waals surface area contributed by atoms with Gasteiger partial charge in [-0.05, 0) is 37.1 Å². The summed E-state index contributed by atoms with van der Waals surface area (Å²) in [5.74, 6) is 0.861. The van der Waals surface area contributed by atoms with Gasteiger partial charge in [-0.25, -0.2) is 0 Å². The Hall–Kier alpha value is -1.57. The van der Waals surface area contributed by atoms with Gasteiger partial charge in [0, 0.05) is 11.1 Å². The van der Waals surface area contributed by atoms with Crippen LogP contribution in [0, 0.1) is 13.8 Å². The Bertz CT molecular complexity index is 488. The van der Waals surface area contributed by atoms with Crippen LogP contribution in [-0.2, 0) is 0 Å². The smallest absolute Gasteiger partial charge is 0.190 e. The van der Waals surface area contributed by atoms with Crippen molar-refractivity contribution in [2.24, 2.45) is 0 Å². The Balaban J connectivity index is 2.44. The lowest BCUT2D eigenvalue weighted by Crippen LogP contribution is -1.87. The first-order valence-corrected chi connectivity index (χ1v) is 4.55. The van der Waals surface area contributed by atoms with Crippen molar-refractivity contribution in [3.63, 3.8) is 0 Å². The predicted molar refractivity (Wildman–Crippen MR) is 56.5 cm³/mol. The van der Waals surface area contributed by atoms with E-state index in [-0.39, 0.29) is 5.43 Å². The van der Waals surface area contributed by atoms with Crippen LogP contribution in [0.4, 0.5) is 0 Å². The summed E-state index contributed by atoms with van der Waals surface area (Å²) in [6, 6.07) is 5.81. The molecule has 0 unspecified atom stereocenters. The molecule has 0 heterocycles. The monoisotopic (exact) mass is 188 g/mol. The highest BCUT2D eigenvalue weighted by Gasteiger charge is 2.19. The van der Waals surface area contributed by atoms with Crippen LogP contribution in [0.2, 0.25) is 0 Å². The number of methoxy groups -OCH3 is 1. The van der Waals surface area contributed by atoms with Crippen molar-refractivity contribution in [2.45, 2.75) is 13.8 Å². The summed E-state index contributed by atoms with van der Waals surface area (Å²) in [7, 11) is 1.65. The lowest BCUT2D eigenvalue weighted by atomic mass is 10.1. The normalized spacial score (nSPS) is 10.8. The average molecular weight is 188 g/mol. The molecule has 14 heavy (non-hydrogen) atoms. The minimum Gasteiger partial charge on any atom is -0.496 e. The molecular formula is C12H12O2. The highest BCUT2D eigenvalue weighted by atomic mass is 16.5. The van der Waals surface area contributed by atoms with Crippen molar-refractivity contribution in [2.75, 3.05) is 7.11 Å². The zero-order valence-corrected chi connectivity index (χ0v) is 8.55. The fourth-order valence-electron chi connectivity index (χ4n) is 1.64. The van der Waals surface area contributed by atoms with Crippen LogP contribution in [0.15, 0.2) is 23.0 Å². The van der Waals surface area contributed by atoms with Crippen molar-refractivity contribution >= 4 is 0 Å². The fraction of sp³-hybridized carbons (Fsp3) is 0.250. The third kappa shape index (κ3) is 1.23. The average Bonchev–Trinajstić information content (AvgIpc) is 2.75. The number of aryl methyl sites for hydroxylation is 1. The Morgan fingerprint density at radius 1 is 1.21 bits per heavy atom. The molecule has 2 nitrogen and oxygen atoms in total. The second kappa shape index (κ2) is 2.98. The van der Waals surface area contributed by atoms with E-state index >= 15 is 0 Å². The molecule has 0 bridgehead atoms. The van der Waals surface area contributed by atoms with Gasteiger partial charge >= 0.3 is 0 Å². The summed E-state index contributed by atoms with van der Waals surface area (Å²) in [4.78, 5) is 11.2. The van der Waals surface area contributed by atoms with Gasteiger partial charge in [-0.2, -0.15) is 0 Å². The minimum absolute atomic E-state index is 0.189. The van der Waals surface area contributed by atoms with Crippen LogP contribution in [0.3, 0.4) is 0 Å². The Morgan fingerprint density at radius 2 is 1.86 bits per heavy atom. The van der Waals surface area contributed by atoms with E-state index in [1.165, 1.54) is 0 Å². The van der Waals surface area contributed by atoms with Crippen LogP contribution in [0.25, 0.3) is 11.1 Å². The molecule has 0 aliphatic heterocycles. The minimum atomic E-state index is 0.189. The first-order valence-electron chi connectivity index (χ1n) is 4.55. The van der Waals surface area contributed by atoms with Gasteiger partial charge in [0.25, 0.3) is 0 Å². The zero-order chi connectivity index (χ0) is 10.3. The molecule has 0 N–H and O–H groups in total. The van der Waals surface area contributed by atoms with Crippen molar-refractivity contribution in [3.8, 4) is 16.9 Å². The molecule has 0 amide bonds. The predicted octanol–water partition coefficient (Wildman–Crippen LogP) is 2.21. The molecular weight excluding hydrogens is 176 g/mol. The standard InChI is InChI=1S/C12H12O2/c1-7-6-9(4-5-10(7)14-3)11-8(2)12(11)13/h4-6H,1-3H3. The summed E-state index contributed by atoms with van der Waals surface area (Å²) in [6.07, 6.45) is 0. The van der Waals surface area contributed by atoms with Gasteiger partial charge in [0.1, 0.15) is 5.75 Å². The molecule has 2 rings (SSSR count). The van der Waals surface area contributed by atoms with Gasteiger partial charge in [0.05, 0.1) is 7.11 Å². The largest absolute Gasteiger partial charge is 0.496 e. The summed E-state index contributed by atoms with van der Waals surface area (Å²) in [6.45, 7) is 3.84. The Labute approximate surface area is 82.8 Å². The molecule has 0 atom stereocenters. The summed E-state index contributed by atoms with van der Waals surface area (Å²) < 4.78 is 5.15. The van der Waals surface area contributed by atoms with Crippen LogP contribution >= 0.6 is 0 Å². The molecule has 0 saturated carbocycles. The number of hydrogen-bond donors (Lipinski definition) is 0. The molecule has 0 radical (unpaired) electrons. The maximum atomic E-state index is 11.2.